The summed E-state index contributed by atoms with van der Waals surface area (Å²) in [5.41, 5.74) is 0.599. The van der Waals surface area contributed by atoms with Crippen LogP contribution in [0.15, 0.2) is 64.2 Å². The van der Waals surface area contributed by atoms with Crippen molar-refractivity contribution in [2.75, 3.05) is 13.1 Å². The molecule has 3 aromatic rings. The Kier molecular flexibility index (Phi) is 5.10. The van der Waals surface area contributed by atoms with Crippen LogP contribution >= 0.6 is 0 Å². The molecule has 2 aromatic carbocycles. The Morgan fingerprint density at radius 1 is 0.821 bits per heavy atom. The fourth-order valence-corrected chi connectivity index (χ4v) is 3.81. The maximum atomic E-state index is 13.2. The zero-order chi connectivity index (χ0) is 19.5. The molecule has 4 rings (SSSR count). The summed E-state index contributed by atoms with van der Waals surface area (Å²) >= 11 is 0. The van der Waals surface area contributed by atoms with Crippen molar-refractivity contribution in [2.24, 2.45) is 0 Å². The fraction of sp³-hybridized carbons (Fsp3) is 0.318. The first-order chi connectivity index (χ1) is 13.6. The summed E-state index contributed by atoms with van der Waals surface area (Å²) in [6.07, 6.45) is 3.12. The van der Waals surface area contributed by atoms with Crippen LogP contribution in [0.2, 0.25) is 0 Å². The number of rotatable bonds is 4. The average Bonchev–Trinajstić information content (AvgIpc) is 2.75. The number of carbonyl (C=O) groups excluding carboxylic acids is 1. The lowest BCUT2D eigenvalue weighted by atomic mass is 10.1. The molecule has 0 atom stereocenters. The fourth-order valence-electron chi connectivity index (χ4n) is 3.81. The number of nitrogens with zero attached hydrogens (tertiary/aromatic N) is 3. The second-order valence-corrected chi connectivity index (χ2v) is 7.20. The van der Waals surface area contributed by atoms with Crippen molar-refractivity contribution in [2.45, 2.75) is 32.4 Å². The van der Waals surface area contributed by atoms with Gasteiger partial charge >= 0.3 is 5.69 Å². The maximum Gasteiger partial charge on any atom is 0.332 e. The Morgan fingerprint density at radius 2 is 1.50 bits per heavy atom. The lowest BCUT2D eigenvalue weighted by Gasteiger charge is -2.27. The third kappa shape index (κ3) is 3.50. The molecule has 0 aliphatic carbocycles. The third-order valence-electron chi connectivity index (χ3n) is 5.32. The first-order valence-corrected chi connectivity index (χ1v) is 9.69. The van der Waals surface area contributed by atoms with Crippen LogP contribution in [0.1, 0.15) is 24.8 Å². The predicted octanol–water partition coefficient (Wildman–Crippen LogP) is 2.22. The second kappa shape index (κ2) is 7.84. The molecule has 2 heterocycles. The summed E-state index contributed by atoms with van der Waals surface area (Å²) in [7, 11) is 0. The lowest BCUT2D eigenvalue weighted by Crippen LogP contribution is -2.44. The van der Waals surface area contributed by atoms with E-state index in [1.165, 1.54) is 9.13 Å². The number of amides is 1. The summed E-state index contributed by atoms with van der Waals surface area (Å²) in [6, 6.07) is 16.4. The minimum Gasteiger partial charge on any atom is -0.341 e. The number of benzene rings is 2. The Hall–Kier alpha value is -3.15. The molecule has 0 radical (unpaired) electrons. The highest BCUT2D eigenvalue weighted by Gasteiger charge is 2.20. The van der Waals surface area contributed by atoms with Gasteiger partial charge in [-0.25, -0.2) is 4.79 Å². The van der Waals surface area contributed by atoms with Gasteiger partial charge in [0.05, 0.1) is 17.4 Å². The summed E-state index contributed by atoms with van der Waals surface area (Å²) in [6.45, 7) is 1.60. The molecule has 144 valence electrons. The van der Waals surface area contributed by atoms with Crippen molar-refractivity contribution in [1.82, 2.24) is 14.0 Å². The quantitative estimate of drug-likeness (QED) is 0.700. The number of likely N-dealkylation sites (tertiary alicyclic amines) is 1. The minimum atomic E-state index is -0.446. The van der Waals surface area contributed by atoms with Gasteiger partial charge in [0.15, 0.2) is 0 Å². The van der Waals surface area contributed by atoms with E-state index in [0.29, 0.717) is 10.9 Å². The Balaban J connectivity index is 1.79. The van der Waals surface area contributed by atoms with E-state index in [2.05, 4.69) is 0 Å². The summed E-state index contributed by atoms with van der Waals surface area (Å²) < 4.78 is 2.66. The molecule has 0 spiro atoms. The zero-order valence-electron chi connectivity index (χ0n) is 15.7. The van der Waals surface area contributed by atoms with Gasteiger partial charge in [-0.3, -0.25) is 18.7 Å². The number of carbonyl (C=O) groups is 1. The molecule has 1 aromatic heterocycles. The van der Waals surface area contributed by atoms with Gasteiger partial charge in [-0.2, -0.15) is 0 Å². The molecule has 1 fully saturated rings. The SMILES string of the molecule is O=C(Cn1c(=O)n(Cc2ccccc2)c(=O)c2ccccc21)N1CCCCC1. The molecule has 1 amide bonds. The van der Waals surface area contributed by atoms with E-state index in [-0.39, 0.29) is 24.6 Å². The third-order valence-corrected chi connectivity index (χ3v) is 5.32. The van der Waals surface area contributed by atoms with Crippen molar-refractivity contribution in [3.63, 3.8) is 0 Å². The smallest absolute Gasteiger partial charge is 0.332 e. The largest absolute Gasteiger partial charge is 0.341 e. The van der Waals surface area contributed by atoms with E-state index in [0.717, 1.165) is 37.9 Å². The molecule has 1 saturated heterocycles. The highest BCUT2D eigenvalue weighted by molar-refractivity contribution is 5.81. The normalized spacial score (nSPS) is 14.4. The second-order valence-electron chi connectivity index (χ2n) is 7.20. The number of aromatic nitrogens is 2. The molecule has 0 N–H and O–H groups in total. The molecule has 6 heteroatoms. The number of hydrogen-bond acceptors (Lipinski definition) is 3. The molecule has 1 aliphatic rings. The zero-order valence-corrected chi connectivity index (χ0v) is 15.7. The molecule has 28 heavy (non-hydrogen) atoms. The standard InChI is InChI=1S/C22H23N3O3/c26-20(23-13-7-2-8-14-23)16-24-19-12-6-5-11-18(19)21(27)25(22(24)28)15-17-9-3-1-4-10-17/h1,3-6,9-12H,2,7-8,13-16H2. The molecule has 1 aliphatic heterocycles. The van der Waals surface area contributed by atoms with Gasteiger partial charge in [-0.1, -0.05) is 42.5 Å². The van der Waals surface area contributed by atoms with Crippen molar-refractivity contribution < 1.29 is 4.79 Å². The van der Waals surface area contributed by atoms with Gasteiger partial charge in [0.2, 0.25) is 5.91 Å². The van der Waals surface area contributed by atoms with Crippen LogP contribution in [0.3, 0.4) is 0 Å². The van der Waals surface area contributed by atoms with Crippen LogP contribution < -0.4 is 11.2 Å². The molecule has 6 nitrogen and oxygen atoms in total. The molecule has 0 saturated carbocycles. The van der Waals surface area contributed by atoms with Crippen molar-refractivity contribution in [3.8, 4) is 0 Å². The molecular formula is C22H23N3O3. The van der Waals surface area contributed by atoms with Crippen LogP contribution in [-0.4, -0.2) is 33.0 Å². The first-order valence-electron chi connectivity index (χ1n) is 9.69. The van der Waals surface area contributed by atoms with Gasteiger partial charge in [-0.05, 0) is 37.0 Å². The van der Waals surface area contributed by atoms with Gasteiger partial charge in [0.25, 0.3) is 5.56 Å². The van der Waals surface area contributed by atoms with Crippen LogP contribution in [0.25, 0.3) is 10.9 Å². The maximum absolute atomic E-state index is 13.2. The number of hydrogen-bond donors (Lipinski definition) is 0. The molecular weight excluding hydrogens is 354 g/mol. The van der Waals surface area contributed by atoms with Crippen LogP contribution in [0.5, 0.6) is 0 Å². The van der Waals surface area contributed by atoms with E-state index in [9.17, 15) is 14.4 Å². The van der Waals surface area contributed by atoms with E-state index in [4.69, 9.17) is 0 Å². The molecule has 0 bridgehead atoms. The Labute approximate surface area is 162 Å². The van der Waals surface area contributed by atoms with E-state index < -0.39 is 5.69 Å². The minimum absolute atomic E-state index is 0.0472. The average molecular weight is 377 g/mol. The molecule has 0 unspecified atom stereocenters. The predicted molar refractivity (Wildman–Crippen MR) is 108 cm³/mol. The van der Waals surface area contributed by atoms with Gasteiger partial charge in [-0.15, -0.1) is 0 Å². The highest BCUT2D eigenvalue weighted by Crippen LogP contribution is 2.12. The Bertz CT molecular complexity index is 1110. The van der Waals surface area contributed by atoms with Crippen LogP contribution in [0, 0.1) is 0 Å². The van der Waals surface area contributed by atoms with Crippen LogP contribution in [0.4, 0.5) is 0 Å². The van der Waals surface area contributed by atoms with Gasteiger partial charge < -0.3 is 4.90 Å². The number of piperidine rings is 1. The van der Waals surface area contributed by atoms with Crippen molar-refractivity contribution >= 4 is 16.8 Å². The van der Waals surface area contributed by atoms with Crippen molar-refractivity contribution in [3.05, 3.63) is 81.0 Å². The topological polar surface area (TPSA) is 64.3 Å². The summed E-state index contributed by atoms with van der Waals surface area (Å²) in [5.74, 6) is -0.0723. The highest BCUT2D eigenvalue weighted by atomic mass is 16.2. The van der Waals surface area contributed by atoms with Crippen LogP contribution in [-0.2, 0) is 17.9 Å². The monoisotopic (exact) mass is 377 g/mol. The van der Waals surface area contributed by atoms with Gasteiger partial charge in [0, 0.05) is 13.1 Å². The number of fused-ring (bicyclic) bond motifs is 1. The van der Waals surface area contributed by atoms with E-state index >= 15 is 0 Å². The summed E-state index contributed by atoms with van der Waals surface area (Å²) in [4.78, 5) is 40.7. The van der Waals surface area contributed by atoms with Crippen molar-refractivity contribution in [1.29, 1.82) is 0 Å². The number of para-hydroxylation sites is 1. The lowest BCUT2D eigenvalue weighted by molar-refractivity contribution is -0.132. The first kappa shape index (κ1) is 18.2. The van der Waals surface area contributed by atoms with E-state index in [1.54, 1.807) is 24.3 Å². The van der Waals surface area contributed by atoms with Gasteiger partial charge in [0.1, 0.15) is 6.54 Å². The summed E-state index contributed by atoms with van der Waals surface area (Å²) in [5, 5.41) is 0.449. The Morgan fingerprint density at radius 3 is 2.25 bits per heavy atom. The van der Waals surface area contributed by atoms with E-state index in [1.807, 2.05) is 35.2 Å².